The number of nitrogens with zero attached hydrogens (tertiary/aromatic N) is 4. The number of anilines is 3. The first kappa shape index (κ1) is 25.1. The molecule has 0 radical (unpaired) electrons. The minimum absolute atomic E-state index is 0.0128. The van der Waals surface area contributed by atoms with Gasteiger partial charge in [0.05, 0.1) is 16.0 Å². The highest BCUT2D eigenvalue weighted by Crippen LogP contribution is 2.33. The van der Waals surface area contributed by atoms with Crippen molar-refractivity contribution in [1.82, 2.24) is 19.3 Å². The lowest BCUT2D eigenvalue weighted by Crippen LogP contribution is -2.40. The van der Waals surface area contributed by atoms with Crippen LogP contribution in [0.3, 0.4) is 0 Å². The van der Waals surface area contributed by atoms with Crippen molar-refractivity contribution in [2.45, 2.75) is 24.3 Å². The van der Waals surface area contributed by atoms with E-state index in [2.05, 4.69) is 20.3 Å². The molecular weight excluding hydrogens is 515 g/mol. The molecule has 0 unspecified atom stereocenters. The van der Waals surface area contributed by atoms with Crippen LogP contribution in [0.25, 0.3) is 0 Å². The maximum atomic E-state index is 13.0. The summed E-state index contributed by atoms with van der Waals surface area (Å²) in [6.45, 7) is 0.0732. The number of sulfonamides is 1. The number of piperidine rings is 1. The van der Waals surface area contributed by atoms with E-state index in [-0.39, 0.29) is 52.4 Å². The predicted molar refractivity (Wildman–Crippen MR) is 132 cm³/mol. The highest BCUT2D eigenvalue weighted by molar-refractivity contribution is 7.89. The molecule has 0 amide bonds. The van der Waals surface area contributed by atoms with Crippen molar-refractivity contribution in [3.8, 4) is 0 Å². The first-order chi connectivity index (χ1) is 16.7. The number of ether oxygens (including phenoxy) is 1. The summed E-state index contributed by atoms with van der Waals surface area (Å²) in [6, 6.07) is 13.8. The molecule has 0 saturated carbocycles. The van der Waals surface area contributed by atoms with Gasteiger partial charge in [-0.3, -0.25) is 4.79 Å². The first-order valence-corrected chi connectivity index (χ1v) is 12.9. The monoisotopic (exact) mass is 536 g/mol. The van der Waals surface area contributed by atoms with Crippen LogP contribution in [0.5, 0.6) is 0 Å². The summed E-state index contributed by atoms with van der Waals surface area (Å²) < 4.78 is 32.7. The van der Waals surface area contributed by atoms with Crippen LogP contribution < -0.4 is 11.1 Å². The number of para-hydroxylation sites is 1. The Labute approximate surface area is 212 Å². The highest BCUT2D eigenvalue weighted by Gasteiger charge is 2.35. The number of esters is 1. The van der Waals surface area contributed by atoms with Gasteiger partial charge in [-0.15, -0.1) is 0 Å². The number of hydrogen-bond acceptors (Lipinski definition) is 9. The Morgan fingerprint density at radius 1 is 1.03 bits per heavy atom. The molecule has 2 heterocycles. The normalized spacial score (nSPS) is 15.0. The number of aromatic nitrogens is 3. The molecule has 3 aromatic rings. The van der Waals surface area contributed by atoms with Crippen LogP contribution in [0.4, 0.5) is 17.6 Å². The summed E-state index contributed by atoms with van der Waals surface area (Å²) in [5.41, 5.74) is 6.53. The Bertz CT molecular complexity index is 1300. The van der Waals surface area contributed by atoms with E-state index in [0.717, 1.165) is 5.69 Å². The van der Waals surface area contributed by atoms with E-state index in [1.54, 1.807) is 6.07 Å². The van der Waals surface area contributed by atoms with Gasteiger partial charge in [-0.2, -0.15) is 19.3 Å². The zero-order chi connectivity index (χ0) is 25.0. The fraction of sp³-hybridized carbons (Fsp3) is 0.273. The van der Waals surface area contributed by atoms with Crippen molar-refractivity contribution in [2.75, 3.05) is 24.1 Å². The van der Waals surface area contributed by atoms with Crippen molar-refractivity contribution in [1.29, 1.82) is 0 Å². The van der Waals surface area contributed by atoms with Crippen molar-refractivity contribution in [3.63, 3.8) is 0 Å². The summed E-state index contributed by atoms with van der Waals surface area (Å²) in [4.78, 5) is 24.8. The summed E-state index contributed by atoms with van der Waals surface area (Å²) in [7, 11) is -3.89. The van der Waals surface area contributed by atoms with Gasteiger partial charge >= 0.3 is 5.97 Å². The Kier molecular flexibility index (Phi) is 7.70. The molecule has 3 N–H and O–H groups in total. The molecule has 1 aliphatic rings. The van der Waals surface area contributed by atoms with E-state index >= 15 is 0 Å². The number of halogens is 2. The van der Waals surface area contributed by atoms with Crippen LogP contribution in [0.15, 0.2) is 53.4 Å². The first-order valence-electron chi connectivity index (χ1n) is 10.7. The SMILES string of the molecule is Nc1nc(COC(=O)C2CCN(S(=O)(=O)c3c(Cl)cccc3Cl)CC2)nc(Nc2ccccc2)n1. The molecule has 1 fully saturated rings. The van der Waals surface area contributed by atoms with Crippen molar-refractivity contribution in [3.05, 3.63) is 64.4 Å². The van der Waals surface area contributed by atoms with Gasteiger partial charge in [-0.25, -0.2) is 8.42 Å². The maximum Gasteiger partial charge on any atom is 0.309 e. The molecule has 1 saturated heterocycles. The van der Waals surface area contributed by atoms with Gasteiger partial charge in [-0.1, -0.05) is 47.5 Å². The number of carbonyl (C=O) groups is 1. The molecule has 2 aromatic carbocycles. The second kappa shape index (κ2) is 10.7. The third-order valence-electron chi connectivity index (χ3n) is 5.38. The van der Waals surface area contributed by atoms with E-state index in [0.29, 0.717) is 12.8 Å². The van der Waals surface area contributed by atoms with Gasteiger partial charge in [0.2, 0.25) is 21.9 Å². The van der Waals surface area contributed by atoms with E-state index in [9.17, 15) is 13.2 Å². The molecule has 10 nitrogen and oxygen atoms in total. The van der Waals surface area contributed by atoms with E-state index < -0.39 is 21.9 Å². The topological polar surface area (TPSA) is 140 Å². The molecule has 0 atom stereocenters. The van der Waals surface area contributed by atoms with Crippen LogP contribution in [-0.2, 0) is 26.2 Å². The van der Waals surface area contributed by atoms with Gasteiger partial charge < -0.3 is 15.8 Å². The molecule has 35 heavy (non-hydrogen) atoms. The molecule has 4 rings (SSSR count). The quantitative estimate of drug-likeness (QED) is 0.432. The van der Waals surface area contributed by atoms with Crippen LogP contribution in [0.1, 0.15) is 18.7 Å². The summed E-state index contributed by atoms with van der Waals surface area (Å²) >= 11 is 12.2. The lowest BCUT2D eigenvalue weighted by atomic mass is 9.98. The highest BCUT2D eigenvalue weighted by atomic mass is 35.5. The van der Waals surface area contributed by atoms with Crippen LogP contribution in [-0.4, -0.2) is 46.7 Å². The van der Waals surface area contributed by atoms with Gasteiger partial charge in [-0.05, 0) is 37.1 Å². The molecule has 0 bridgehead atoms. The molecule has 0 aliphatic carbocycles. The Hall–Kier alpha value is -2.99. The molecular formula is C22H22Cl2N6O4S. The summed E-state index contributed by atoms with van der Waals surface area (Å²) in [5, 5.41) is 3.12. The minimum atomic E-state index is -3.89. The van der Waals surface area contributed by atoms with Gasteiger partial charge in [0.1, 0.15) is 4.90 Å². The second-order valence-corrected chi connectivity index (χ2v) is 10.5. The van der Waals surface area contributed by atoms with Crippen LogP contribution in [0, 0.1) is 5.92 Å². The average Bonchev–Trinajstić information content (AvgIpc) is 2.83. The number of nitrogens with one attached hydrogen (secondary N) is 1. The zero-order valence-corrected chi connectivity index (χ0v) is 20.7. The molecule has 1 aromatic heterocycles. The van der Waals surface area contributed by atoms with E-state index in [4.69, 9.17) is 33.7 Å². The lowest BCUT2D eigenvalue weighted by molar-refractivity contribution is -0.151. The number of hydrogen-bond donors (Lipinski definition) is 2. The number of benzene rings is 2. The smallest absolute Gasteiger partial charge is 0.309 e. The number of rotatable bonds is 7. The largest absolute Gasteiger partial charge is 0.457 e. The van der Waals surface area contributed by atoms with Gasteiger partial charge in [0.15, 0.2) is 12.4 Å². The molecule has 0 spiro atoms. The molecule has 1 aliphatic heterocycles. The van der Waals surface area contributed by atoms with Crippen LogP contribution in [0.2, 0.25) is 10.0 Å². The van der Waals surface area contributed by atoms with Crippen molar-refractivity contribution >= 4 is 56.8 Å². The maximum absolute atomic E-state index is 13.0. The predicted octanol–water partition coefficient (Wildman–Crippen LogP) is 3.65. The van der Waals surface area contributed by atoms with E-state index in [1.807, 2.05) is 30.3 Å². The molecule has 184 valence electrons. The summed E-state index contributed by atoms with van der Waals surface area (Å²) in [6.07, 6.45) is 0.584. The zero-order valence-electron chi connectivity index (χ0n) is 18.4. The number of nitrogen functional groups attached to an aromatic ring is 1. The average molecular weight is 537 g/mol. The van der Waals surface area contributed by atoms with E-state index in [1.165, 1.54) is 16.4 Å². The second-order valence-electron chi connectivity index (χ2n) is 7.76. The number of carbonyl (C=O) groups excluding carboxylic acids is 1. The Morgan fingerprint density at radius 2 is 1.69 bits per heavy atom. The lowest BCUT2D eigenvalue weighted by Gasteiger charge is -2.30. The minimum Gasteiger partial charge on any atom is -0.457 e. The fourth-order valence-electron chi connectivity index (χ4n) is 3.65. The summed E-state index contributed by atoms with van der Waals surface area (Å²) in [5.74, 6) is -0.524. The standard InChI is InChI=1S/C22H22Cl2N6O4S/c23-16-7-4-8-17(24)19(16)35(32,33)30-11-9-14(10-12-30)20(31)34-13-18-27-21(25)29-22(28-18)26-15-5-2-1-3-6-15/h1-8,14H,9-13H2,(H3,25,26,27,28,29). The third-order valence-corrected chi connectivity index (χ3v) is 8.23. The van der Waals surface area contributed by atoms with Crippen LogP contribution >= 0.6 is 23.2 Å². The van der Waals surface area contributed by atoms with Crippen molar-refractivity contribution < 1.29 is 17.9 Å². The third kappa shape index (κ3) is 5.99. The Balaban J connectivity index is 1.34. The van der Waals surface area contributed by atoms with Gasteiger partial charge in [0, 0.05) is 18.8 Å². The fourth-order valence-corrected chi connectivity index (χ4v) is 6.21. The Morgan fingerprint density at radius 3 is 2.34 bits per heavy atom. The van der Waals surface area contributed by atoms with Gasteiger partial charge in [0.25, 0.3) is 0 Å². The number of nitrogens with two attached hydrogens (primary N) is 1. The molecule has 13 heteroatoms. The van der Waals surface area contributed by atoms with Crippen molar-refractivity contribution in [2.24, 2.45) is 5.92 Å².